The van der Waals surface area contributed by atoms with Crippen LogP contribution in [-0.4, -0.2) is 4.57 Å². The van der Waals surface area contributed by atoms with Gasteiger partial charge in [0.1, 0.15) is 22.3 Å². The van der Waals surface area contributed by atoms with E-state index < -0.39 is 0 Å². The van der Waals surface area contributed by atoms with Gasteiger partial charge < -0.3 is 23.2 Å². The highest BCUT2D eigenvalue weighted by molar-refractivity contribution is 6.26. The Bertz CT molecular complexity index is 3540. The second-order valence-electron chi connectivity index (χ2n) is 15.8. The Morgan fingerprint density at radius 1 is 0.295 bits per heavy atom. The van der Waals surface area contributed by atoms with E-state index in [1.54, 1.807) is 0 Å². The quantitative estimate of drug-likeness (QED) is 0.151. The maximum Gasteiger partial charge on any atom is 0.135 e. The Morgan fingerprint density at radius 3 is 1.18 bits per heavy atom. The van der Waals surface area contributed by atoms with Crippen molar-refractivity contribution in [1.29, 1.82) is 0 Å². The highest BCUT2D eigenvalue weighted by atomic mass is 16.3. The van der Waals surface area contributed by atoms with Crippen LogP contribution in [0.2, 0.25) is 0 Å². The Balaban J connectivity index is 1.07. The van der Waals surface area contributed by atoms with Crippen molar-refractivity contribution >= 4 is 111 Å². The number of nitrogens with zero attached hydrogens (tertiary/aromatic N) is 3. The van der Waals surface area contributed by atoms with Crippen LogP contribution in [0.5, 0.6) is 0 Å². The second-order valence-corrected chi connectivity index (χ2v) is 15.8. The zero-order chi connectivity index (χ0) is 40.0. The first-order chi connectivity index (χ1) is 30.2. The van der Waals surface area contributed by atoms with Gasteiger partial charge in [0.25, 0.3) is 0 Å². The minimum absolute atomic E-state index is 0.876. The molecule has 0 radical (unpaired) electrons. The smallest absolute Gasteiger partial charge is 0.135 e. The lowest BCUT2D eigenvalue weighted by Gasteiger charge is -2.26. The molecule has 0 N–H and O–H groups in total. The topological polar surface area (TPSA) is 37.7 Å². The zero-order valence-electron chi connectivity index (χ0n) is 32.9. The van der Waals surface area contributed by atoms with Gasteiger partial charge in [-0.3, -0.25) is 0 Å². The van der Waals surface area contributed by atoms with Crippen LogP contribution in [0, 0.1) is 0 Å². The Kier molecular flexibility index (Phi) is 7.24. The van der Waals surface area contributed by atoms with Crippen LogP contribution in [0.3, 0.4) is 0 Å². The molecular weight excluding hydrogens is 747 g/mol. The van der Waals surface area contributed by atoms with Crippen molar-refractivity contribution in [1.82, 2.24) is 4.57 Å². The van der Waals surface area contributed by atoms with Gasteiger partial charge in [0.05, 0.1) is 11.0 Å². The highest BCUT2D eigenvalue weighted by Gasteiger charge is 2.24. The predicted molar refractivity (Wildman–Crippen MR) is 253 cm³/mol. The molecule has 286 valence electrons. The number of aromatic nitrogens is 1. The van der Waals surface area contributed by atoms with Crippen LogP contribution in [-0.2, 0) is 0 Å². The fourth-order valence-corrected chi connectivity index (χ4v) is 9.60. The van der Waals surface area contributed by atoms with Gasteiger partial charge in [-0.25, -0.2) is 0 Å². The van der Waals surface area contributed by atoms with Gasteiger partial charge in [-0.1, -0.05) is 103 Å². The third-order valence-corrected chi connectivity index (χ3v) is 12.2. The molecule has 0 saturated carbocycles. The molecule has 0 atom stereocenters. The van der Waals surface area contributed by atoms with Gasteiger partial charge in [-0.2, -0.15) is 0 Å². The molecule has 0 fully saturated rings. The summed E-state index contributed by atoms with van der Waals surface area (Å²) in [6.45, 7) is 0. The van der Waals surface area contributed by atoms with Gasteiger partial charge in [-0.15, -0.1) is 0 Å². The van der Waals surface area contributed by atoms with Gasteiger partial charge in [0.2, 0.25) is 0 Å². The van der Waals surface area contributed by atoms with E-state index in [0.29, 0.717) is 0 Å². The van der Waals surface area contributed by atoms with Crippen LogP contribution in [0.4, 0.5) is 34.1 Å². The summed E-state index contributed by atoms with van der Waals surface area (Å²) in [7, 11) is 0. The number of fused-ring (bicyclic) bond motifs is 6. The van der Waals surface area contributed by atoms with Crippen molar-refractivity contribution in [3.8, 4) is 5.69 Å². The summed E-state index contributed by atoms with van der Waals surface area (Å²) < 4.78 is 15.0. The molecule has 0 spiro atoms. The number of benzene rings is 10. The van der Waals surface area contributed by atoms with Crippen LogP contribution < -0.4 is 9.80 Å². The molecule has 0 aliphatic rings. The van der Waals surface area contributed by atoms with Crippen molar-refractivity contribution in [2.45, 2.75) is 0 Å². The normalized spacial score (nSPS) is 11.9. The first kappa shape index (κ1) is 33.7. The third-order valence-electron chi connectivity index (χ3n) is 12.2. The zero-order valence-corrected chi connectivity index (χ0v) is 32.9. The van der Waals surface area contributed by atoms with Crippen LogP contribution in [0.25, 0.3) is 82.1 Å². The second kappa shape index (κ2) is 13.1. The first-order valence-electron chi connectivity index (χ1n) is 20.7. The van der Waals surface area contributed by atoms with Crippen LogP contribution in [0.1, 0.15) is 0 Å². The summed E-state index contributed by atoms with van der Waals surface area (Å²) >= 11 is 0. The van der Waals surface area contributed by atoms with Crippen molar-refractivity contribution in [2.24, 2.45) is 0 Å². The van der Waals surface area contributed by atoms with Gasteiger partial charge in [0.15, 0.2) is 0 Å². The fraction of sp³-hybridized carbons (Fsp3) is 0. The van der Waals surface area contributed by atoms with Crippen molar-refractivity contribution < 1.29 is 8.83 Å². The molecule has 0 aliphatic carbocycles. The Labute approximate surface area is 350 Å². The van der Waals surface area contributed by atoms with Gasteiger partial charge >= 0.3 is 0 Å². The minimum Gasteiger partial charge on any atom is -0.456 e. The van der Waals surface area contributed by atoms with E-state index in [-0.39, 0.29) is 0 Å². The maximum atomic E-state index is 6.27. The lowest BCUT2D eigenvalue weighted by Crippen LogP contribution is -2.10. The molecule has 0 saturated heterocycles. The van der Waals surface area contributed by atoms with Crippen LogP contribution in [0.15, 0.2) is 221 Å². The number of hydrogen-bond donors (Lipinski definition) is 0. The lowest BCUT2D eigenvalue weighted by molar-refractivity contribution is 0.668. The molecule has 61 heavy (non-hydrogen) atoms. The van der Waals surface area contributed by atoms with Crippen molar-refractivity contribution in [2.75, 3.05) is 9.80 Å². The molecule has 10 aromatic carbocycles. The number of para-hydroxylation sites is 5. The number of hydrogen-bond acceptors (Lipinski definition) is 4. The number of furan rings is 2. The largest absolute Gasteiger partial charge is 0.456 e. The Morgan fingerprint density at radius 2 is 0.705 bits per heavy atom. The highest BCUT2D eigenvalue weighted by Crippen LogP contribution is 2.48. The molecule has 5 heteroatoms. The molecular formula is C56H35N3O2. The summed E-state index contributed by atoms with van der Waals surface area (Å²) in [5.74, 6) is 0. The maximum absolute atomic E-state index is 6.27. The van der Waals surface area contributed by atoms with Gasteiger partial charge in [-0.05, 0) is 120 Å². The summed E-state index contributed by atoms with van der Waals surface area (Å²) in [6.07, 6.45) is 0. The summed E-state index contributed by atoms with van der Waals surface area (Å²) in [5, 5.41) is 9.25. The minimum atomic E-state index is 0.876. The van der Waals surface area contributed by atoms with E-state index in [4.69, 9.17) is 8.83 Å². The SMILES string of the molecule is c1ccc(N(c2ccc3oc4ccccc4c3c2)c2cc3ccc4cc(N(c5ccccc5)c5ccc6oc7ccccc7c6c5)cc5c4c3c(c2)n5-c2ccccc2)cc1. The number of rotatable bonds is 7. The predicted octanol–water partition coefficient (Wildman–Crippen LogP) is 16.1. The monoisotopic (exact) mass is 781 g/mol. The van der Waals surface area contributed by atoms with E-state index in [1.165, 1.54) is 21.5 Å². The summed E-state index contributed by atoms with van der Waals surface area (Å²) in [4.78, 5) is 4.73. The van der Waals surface area contributed by atoms with E-state index in [9.17, 15) is 0 Å². The molecule has 0 aliphatic heterocycles. The Hall–Kier alpha value is -8.28. The van der Waals surface area contributed by atoms with Gasteiger partial charge in [0, 0.05) is 72.1 Å². The third kappa shape index (κ3) is 5.21. The van der Waals surface area contributed by atoms with E-state index in [2.05, 4.69) is 202 Å². The van der Waals surface area contributed by atoms with E-state index in [0.717, 1.165) is 94.7 Å². The summed E-state index contributed by atoms with van der Waals surface area (Å²) in [5.41, 5.74) is 13.3. The van der Waals surface area contributed by atoms with Crippen LogP contribution >= 0.6 is 0 Å². The average Bonchev–Trinajstić information content (AvgIpc) is 3.99. The molecule has 3 heterocycles. The number of anilines is 6. The molecule has 5 nitrogen and oxygen atoms in total. The fourth-order valence-electron chi connectivity index (χ4n) is 9.60. The molecule has 13 aromatic rings. The van der Waals surface area contributed by atoms with Crippen molar-refractivity contribution in [3.05, 3.63) is 212 Å². The van der Waals surface area contributed by atoms with Crippen molar-refractivity contribution in [3.63, 3.8) is 0 Å². The molecule has 3 aromatic heterocycles. The lowest BCUT2D eigenvalue weighted by atomic mass is 10.00. The standard InChI is InChI=1S/C56H35N3O2/c1-4-14-38(15-5-1)57(41-26-28-53-47(32-41)45-20-10-12-22-51(45)60-53)43-30-36-24-25-37-31-44(35-50-56(37)55(36)49(34-43)59(50)40-18-8-3-9-19-40)58(39-16-6-2-7-17-39)42-27-29-54-48(33-42)46-21-11-13-23-52(46)61-54/h1-35H. The molecule has 0 unspecified atom stereocenters. The van der Waals surface area contributed by atoms with E-state index in [1.807, 2.05) is 24.3 Å². The molecule has 0 bridgehead atoms. The average molecular weight is 782 g/mol. The summed E-state index contributed by atoms with van der Waals surface area (Å²) in [6, 6.07) is 75.7. The van der Waals surface area contributed by atoms with E-state index >= 15 is 0 Å². The first-order valence-corrected chi connectivity index (χ1v) is 20.7. The molecule has 0 amide bonds. The molecule has 13 rings (SSSR count).